The molecule has 0 unspecified atom stereocenters. The van der Waals surface area contributed by atoms with Crippen LogP contribution in [0.25, 0.3) is 0 Å². The highest BCUT2D eigenvalue weighted by atomic mass is 16.4. The summed E-state index contributed by atoms with van der Waals surface area (Å²) in [6, 6.07) is -1.07. The number of nitrogens with one attached hydrogen (secondary N) is 3. The number of carboxylic acids is 1. The highest BCUT2D eigenvalue weighted by Crippen LogP contribution is 2.40. The molecule has 1 aliphatic carbocycles. The van der Waals surface area contributed by atoms with Crippen LogP contribution < -0.4 is 10.6 Å². The van der Waals surface area contributed by atoms with Gasteiger partial charge in [-0.15, -0.1) is 0 Å². The second kappa shape index (κ2) is 14.2. The van der Waals surface area contributed by atoms with Crippen molar-refractivity contribution in [2.45, 2.75) is 72.8 Å². The average molecular weight is 509 g/mol. The van der Waals surface area contributed by atoms with Crippen molar-refractivity contribution in [3.63, 3.8) is 0 Å². The van der Waals surface area contributed by atoms with Gasteiger partial charge in [0.2, 0.25) is 11.8 Å². The second-order valence-corrected chi connectivity index (χ2v) is 10.2. The van der Waals surface area contributed by atoms with E-state index in [0.717, 1.165) is 17.6 Å². The number of hydrogen-bond acceptors (Lipinski definition) is 4. The molecule has 0 radical (unpaired) electrons. The molecule has 1 atom stereocenters. The number of allylic oxidation sites excluding steroid dienone is 9. The number of imidazole rings is 1. The lowest BCUT2D eigenvalue weighted by atomic mass is 9.72. The number of rotatable bonds is 12. The Morgan fingerprint density at radius 3 is 2.62 bits per heavy atom. The van der Waals surface area contributed by atoms with E-state index in [4.69, 9.17) is 0 Å². The Labute approximate surface area is 219 Å². The molecule has 8 heteroatoms. The number of carbonyl (C=O) groups is 3. The molecule has 0 bridgehead atoms. The van der Waals surface area contributed by atoms with Crippen LogP contribution in [-0.2, 0) is 20.8 Å². The lowest BCUT2D eigenvalue weighted by molar-refractivity contribution is -0.141. The van der Waals surface area contributed by atoms with E-state index in [1.165, 1.54) is 42.6 Å². The maximum atomic E-state index is 12.2. The topological polar surface area (TPSA) is 124 Å². The summed E-state index contributed by atoms with van der Waals surface area (Å²) in [5.74, 6) is -1.91. The van der Waals surface area contributed by atoms with Gasteiger partial charge in [0.25, 0.3) is 0 Å². The highest BCUT2D eigenvalue weighted by molar-refractivity contribution is 5.89. The van der Waals surface area contributed by atoms with Gasteiger partial charge >= 0.3 is 5.97 Å². The summed E-state index contributed by atoms with van der Waals surface area (Å²) in [5, 5.41) is 14.4. The first-order chi connectivity index (χ1) is 17.5. The summed E-state index contributed by atoms with van der Waals surface area (Å²) in [5.41, 5.74) is 5.60. The first-order valence-corrected chi connectivity index (χ1v) is 12.7. The summed E-state index contributed by atoms with van der Waals surface area (Å²) in [4.78, 5) is 42.3. The third kappa shape index (κ3) is 10.5. The molecule has 0 fully saturated rings. The van der Waals surface area contributed by atoms with E-state index in [1.807, 2.05) is 32.1 Å². The third-order valence-electron chi connectivity index (χ3n) is 6.40. The predicted octanol–water partition coefficient (Wildman–Crippen LogP) is 4.56. The van der Waals surface area contributed by atoms with Crippen LogP contribution in [-0.4, -0.2) is 45.4 Å². The van der Waals surface area contributed by atoms with Crippen LogP contribution in [0.15, 0.2) is 71.3 Å². The smallest absolute Gasteiger partial charge is 0.326 e. The van der Waals surface area contributed by atoms with Gasteiger partial charge in [0.1, 0.15) is 6.04 Å². The SMILES string of the molecule is CC(C=CC1=C(C)CCCC1(C)C)=CC=CC(C)=CC(=O)NCCC(=O)N[C@@H](Cc1cnc[nH]1)C(=O)O. The van der Waals surface area contributed by atoms with E-state index in [0.29, 0.717) is 5.69 Å². The molecule has 4 N–H and O–H groups in total. The van der Waals surface area contributed by atoms with Gasteiger partial charge in [0, 0.05) is 37.4 Å². The average Bonchev–Trinajstić information content (AvgIpc) is 3.31. The molecule has 1 heterocycles. The van der Waals surface area contributed by atoms with Gasteiger partial charge in [-0.1, -0.05) is 55.4 Å². The van der Waals surface area contributed by atoms with Crippen molar-refractivity contribution in [2.24, 2.45) is 5.41 Å². The standard InChI is InChI=1S/C29H40N4O4/c1-20(11-12-24-22(3)10-7-14-29(24,4)5)8-6-9-21(2)16-27(35)31-15-13-26(34)33-25(28(36)37)17-23-18-30-19-32-23/h6,8-9,11-12,16,18-19,25H,7,10,13-15,17H2,1-5H3,(H,30,32)(H,31,35)(H,33,34)(H,36,37)/t25-/m0/s1. The Balaban J connectivity index is 1.79. The zero-order chi connectivity index (χ0) is 27.4. The largest absolute Gasteiger partial charge is 0.480 e. The first kappa shape index (κ1) is 29.5. The number of aromatic nitrogens is 2. The normalized spacial score (nSPS) is 17.3. The fourth-order valence-corrected chi connectivity index (χ4v) is 4.32. The zero-order valence-corrected chi connectivity index (χ0v) is 22.6. The van der Waals surface area contributed by atoms with Crippen LogP contribution in [0, 0.1) is 5.41 Å². The quantitative estimate of drug-likeness (QED) is 0.243. The third-order valence-corrected chi connectivity index (χ3v) is 6.40. The van der Waals surface area contributed by atoms with Crippen LogP contribution in [0.3, 0.4) is 0 Å². The summed E-state index contributed by atoms with van der Waals surface area (Å²) < 4.78 is 0. The summed E-state index contributed by atoms with van der Waals surface area (Å²) in [6.07, 6.45) is 18.2. The second-order valence-electron chi connectivity index (χ2n) is 10.2. The van der Waals surface area contributed by atoms with Crippen LogP contribution in [0.1, 0.15) is 66.0 Å². The molecule has 37 heavy (non-hydrogen) atoms. The Hall–Kier alpha value is -3.68. The monoisotopic (exact) mass is 508 g/mol. The molecule has 2 rings (SSSR count). The van der Waals surface area contributed by atoms with Gasteiger partial charge in [-0.25, -0.2) is 9.78 Å². The minimum Gasteiger partial charge on any atom is -0.480 e. The van der Waals surface area contributed by atoms with Gasteiger partial charge < -0.3 is 20.7 Å². The number of amides is 2. The molecule has 1 aromatic rings. The molecule has 0 aliphatic heterocycles. The van der Waals surface area contributed by atoms with E-state index in [-0.39, 0.29) is 30.7 Å². The van der Waals surface area contributed by atoms with E-state index < -0.39 is 17.9 Å². The molecule has 1 aliphatic rings. The molecular formula is C29H40N4O4. The number of H-pyrrole nitrogens is 1. The van der Waals surface area contributed by atoms with Crippen molar-refractivity contribution < 1.29 is 19.5 Å². The maximum Gasteiger partial charge on any atom is 0.326 e. The van der Waals surface area contributed by atoms with Gasteiger partial charge in [0.15, 0.2) is 0 Å². The first-order valence-electron chi connectivity index (χ1n) is 12.7. The van der Waals surface area contributed by atoms with Gasteiger partial charge in [-0.05, 0) is 56.6 Å². The lowest BCUT2D eigenvalue weighted by Crippen LogP contribution is -2.43. The Morgan fingerprint density at radius 2 is 1.97 bits per heavy atom. The number of hydrogen-bond donors (Lipinski definition) is 4. The van der Waals surface area contributed by atoms with Crippen molar-refractivity contribution in [1.29, 1.82) is 0 Å². The molecule has 8 nitrogen and oxygen atoms in total. The Bertz CT molecular complexity index is 1100. The van der Waals surface area contributed by atoms with Crippen molar-refractivity contribution in [1.82, 2.24) is 20.6 Å². The maximum absolute atomic E-state index is 12.2. The highest BCUT2D eigenvalue weighted by Gasteiger charge is 2.26. The van der Waals surface area contributed by atoms with E-state index in [9.17, 15) is 19.5 Å². The molecule has 0 saturated heterocycles. The molecule has 0 spiro atoms. The fraction of sp³-hybridized carbons (Fsp3) is 0.448. The van der Waals surface area contributed by atoms with Crippen molar-refractivity contribution in [2.75, 3.05) is 6.54 Å². The molecule has 0 saturated carbocycles. The number of carboxylic acid groups (broad SMARTS) is 1. The fourth-order valence-electron chi connectivity index (χ4n) is 4.32. The minimum absolute atomic E-state index is 0.0256. The number of nitrogens with zero attached hydrogens (tertiary/aromatic N) is 1. The predicted molar refractivity (Wildman–Crippen MR) is 146 cm³/mol. The van der Waals surface area contributed by atoms with Gasteiger partial charge in [0.05, 0.1) is 6.33 Å². The van der Waals surface area contributed by atoms with Crippen molar-refractivity contribution >= 4 is 17.8 Å². The number of carbonyl (C=O) groups excluding carboxylic acids is 2. The molecular weight excluding hydrogens is 468 g/mol. The molecule has 2 amide bonds. The minimum atomic E-state index is -1.14. The van der Waals surface area contributed by atoms with Gasteiger partial charge in [-0.3, -0.25) is 9.59 Å². The van der Waals surface area contributed by atoms with Crippen molar-refractivity contribution in [3.8, 4) is 0 Å². The lowest BCUT2D eigenvalue weighted by Gasteiger charge is -2.32. The van der Waals surface area contributed by atoms with Crippen molar-refractivity contribution in [3.05, 3.63) is 77.0 Å². The summed E-state index contributed by atoms with van der Waals surface area (Å²) >= 11 is 0. The van der Waals surface area contributed by atoms with Crippen LogP contribution in [0.4, 0.5) is 0 Å². The summed E-state index contributed by atoms with van der Waals surface area (Å²) in [6.45, 7) is 10.8. The van der Waals surface area contributed by atoms with E-state index >= 15 is 0 Å². The number of aliphatic carboxylic acids is 1. The number of aromatic amines is 1. The van der Waals surface area contributed by atoms with Crippen LogP contribution >= 0.6 is 0 Å². The molecule has 0 aromatic carbocycles. The Morgan fingerprint density at radius 1 is 1.22 bits per heavy atom. The van der Waals surface area contributed by atoms with E-state index in [2.05, 4.69) is 53.5 Å². The van der Waals surface area contributed by atoms with Crippen LogP contribution in [0.2, 0.25) is 0 Å². The zero-order valence-electron chi connectivity index (χ0n) is 22.6. The summed E-state index contributed by atoms with van der Waals surface area (Å²) in [7, 11) is 0. The van der Waals surface area contributed by atoms with Gasteiger partial charge in [-0.2, -0.15) is 0 Å². The van der Waals surface area contributed by atoms with Crippen LogP contribution in [0.5, 0.6) is 0 Å². The molecule has 200 valence electrons. The van der Waals surface area contributed by atoms with E-state index in [1.54, 1.807) is 0 Å². The molecule has 1 aromatic heterocycles. The Kier molecular flexibility index (Phi) is 11.3.